The fraction of sp³-hybridized carbons (Fsp3) is 0.750. The molecule has 0 saturated carbocycles. The zero-order chi connectivity index (χ0) is 6.95. The molecule has 0 N–H and O–H groups in total. The summed E-state index contributed by atoms with van der Waals surface area (Å²) in [5, 5.41) is 0. The number of alkyl halides is 1. The highest BCUT2D eigenvalue weighted by atomic mass is 19.1. The molecule has 0 aromatic carbocycles. The normalized spacial score (nSPS) is 8.89. The lowest BCUT2D eigenvalue weighted by Crippen LogP contribution is -1.78. The van der Waals surface area contributed by atoms with Gasteiger partial charge >= 0.3 is 0 Å². The predicted octanol–water partition coefficient (Wildman–Crippen LogP) is 2.54. The second-order valence-electron chi connectivity index (χ2n) is 2.06. The van der Waals surface area contributed by atoms with Crippen LogP contribution >= 0.6 is 0 Å². The standard InChI is InChI=1S/C8H13F/c1-2-3-4-5-6-7-8-9/h1H,3-8H2. The van der Waals surface area contributed by atoms with Gasteiger partial charge in [0.15, 0.2) is 0 Å². The van der Waals surface area contributed by atoms with E-state index in [1.807, 2.05) is 0 Å². The number of rotatable bonds is 5. The van der Waals surface area contributed by atoms with Crippen LogP contribution in [-0.2, 0) is 0 Å². The van der Waals surface area contributed by atoms with Gasteiger partial charge in [-0.2, -0.15) is 0 Å². The molecular formula is C8H13F. The Bertz CT molecular complexity index is 81.1. The molecule has 0 unspecified atom stereocenters. The molecular weight excluding hydrogens is 115 g/mol. The lowest BCUT2D eigenvalue weighted by molar-refractivity contribution is 0.454. The molecule has 0 aromatic heterocycles. The zero-order valence-electron chi connectivity index (χ0n) is 5.70. The summed E-state index contributed by atoms with van der Waals surface area (Å²) in [5.41, 5.74) is 0. The van der Waals surface area contributed by atoms with E-state index in [0.717, 1.165) is 25.7 Å². The summed E-state index contributed by atoms with van der Waals surface area (Å²) in [6.45, 7) is -0.184. The van der Waals surface area contributed by atoms with Gasteiger partial charge in [-0.25, -0.2) is 0 Å². The van der Waals surface area contributed by atoms with Crippen LogP contribution in [0, 0.1) is 12.3 Å². The van der Waals surface area contributed by atoms with Crippen LogP contribution in [0.5, 0.6) is 0 Å². The van der Waals surface area contributed by atoms with Gasteiger partial charge in [-0.1, -0.05) is 12.8 Å². The van der Waals surface area contributed by atoms with Crippen molar-refractivity contribution in [3.63, 3.8) is 0 Å². The van der Waals surface area contributed by atoms with Crippen LogP contribution in [-0.4, -0.2) is 6.67 Å². The van der Waals surface area contributed by atoms with E-state index >= 15 is 0 Å². The first-order valence-corrected chi connectivity index (χ1v) is 3.41. The average molecular weight is 128 g/mol. The number of hydrogen-bond acceptors (Lipinski definition) is 0. The third-order valence-electron chi connectivity index (χ3n) is 1.20. The molecule has 0 rings (SSSR count). The molecule has 0 aliphatic heterocycles. The van der Waals surface area contributed by atoms with E-state index in [1.54, 1.807) is 0 Å². The molecule has 0 radical (unpaired) electrons. The van der Waals surface area contributed by atoms with Gasteiger partial charge in [-0.15, -0.1) is 12.3 Å². The van der Waals surface area contributed by atoms with Gasteiger partial charge in [0, 0.05) is 6.42 Å². The molecule has 0 aromatic rings. The van der Waals surface area contributed by atoms with E-state index in [2.05, 4.69) is 5.92 Å². The van der Waals surface area contributed by atoms with E-state index in [0.29, 0.717) is 6.42 Å². The Labute approximate surface area is 56.5 Å². The maximum absolute atomic E-state index is 11.5. The highest BCUT2D eigenvalue weighted by molar-refractivity contribution is 4.82. The Hall–Kier alpha value is -0.510. The summed E-state index contributed by atoms with van der Waals surface area (Å²) in [7, 11) is 0. The molecule has 1 heteroatoms. The molecule has 0 saturated heterocycles. The Morgan fingerprint density at radius 3 is 2.33 bits per heavy atom. The van der Waals surface area contributed by atoms with Gasteiger partial charge in [0.2, 0.25) is 0 Å². The van der Waals surface area contributed by atoms with Crippen molar-refractivity contribution in [1.29, 1.82) is 0 Å². The Kier molecular flexibility index (Phi) is 7.07. The van der Waals surface area contributed by atoms with Crippen molar-refractivity contribution in [2.24, 2.45) is 0 Å². The SMILES string of the molecule is C#CCCCCCCF. The summed E-state index contributed by atoms with van der Waals surface area (Å²) in [6.07, 6.45) is 9.67. The van der Waals surface area contributed by atoms with Crippen LogP contribution in [0.1, 0.15) is 32.1 Å². The molecule has 0 bridgehead atoms. The molecule has 0 heterocycles. The molecule has 0 aliphatic carbocycles. The third kappa shape index (κ3) is 7.49. The molecule has 0 fully saturated rings. The van der Waals surface area contributed by atoms with Gasteiger partial charge in [0.05, 0.1) is 6.67 Å². The monoisotopic (exact) mass is 128 g/mol. The van der Waals surface area contributed by atoms with Crippen LogP contribution in [0.25, 0.3) is 0 Å². The first-order valence-electron chi connectivity index (χ1n) is 3.41. The summed E-state index contributed by atoms with van der Waals surface area (Å²) >= 11 is 0. The fourth-order valence-corrected chi connectivity index (χ4v) is 0.675. The van der Waals surface area contributed by atoms with Gasteiger partial charge in [-0.3, -0.25) is 4.39 Å². The lowest BCUT2D eigenvalue weighted by Gasteiger charge is -1.92. The van der Waals surface area contributed by atoms with Crippen LogP contribution in [0.2, 0.25) is 0 Å². The molecule has 0 amide bonds. The minimum Gasteiger partial charge on any atom is -0.251 e. The summed E-state index contributed by atoms with van der Waals surface area (Å²) in [6, 6.07) is 0. The molecule has 0 spiro atoms. The average Bonchev–Trinajstić information content (AvgIpc) is 1.89. The first kappa shape index (κ1) is 8.49. The van der Waals surface area contributed by atoms with E-state index in [1.165, 1.54) is 0 Å². The van der Waals surface area contributed by atoms with Crippen LogP contribution < -0.4 is 0 Å². The topological polar surface area (TPSA) is 0 Å². The molecule has 0 atom stereocenters. The number of hydrogen-bond donors (Lipinski definition) is 0. The van der Waals surface area contributed by atoms with E-state index in [9.17, 15) is 4.39 Å². The van der Waals surface area contributed by atoms with Crippen LogP contribution in [0.15, 0.2) is 0 Å². The van der Waals surface area contributed by atoms with Gasteiger partial charge in [0.25, 0.3) is 0 Å². The quantitative estimate of drug-likeness (QED) is 0.394. The summed E-state index contributed by atoms with van der Waals surface area (Å²) in [4.78, 5) is 0. The van der Waals surface area contributed by atoms with Crippen molar-refractivity contribution in [2.45, 2.75) is 32.1 Å². The summed E-state index contributed by atoms with van der Waals surface area (Å²) < 4.78 is 11.5. The van der Waals surface area contributed by atoms with Gasteiger partial charge < -0.3 is 0 Å². The van der Waals surface area contributed by atoms with E-state index < -0.39 is 0 Å². The number of terminal acetylenes is 1. The number of halogens is 1. The highest BCUT2D eigenvalue weighted by Crippen LogP contribution is 2.01. The number of unbranched alkanes of at least 4 members (excludes halogenated alkanes) is 4. The predicted molar refractivity (Wildman–Crippen MR) is 37.9 cm³/mol. The van der Waals surface area contributed by atoms with Crippen LogP contribution in [0.3, 0.4) is 0 Å². The molecule has 0 aliphatic rings. The van der Waals surface area contributed by atoms with Crippen molar-refractivity contribution in [1.82, 2.24) is 0 Å². The largest absolute Gasteiger partial charge is 0.251 e. The van der Waals surface area contributed by atoms with Crippen molar-refractivity contribution in [2.75, 3.05) is 6.67 Å². The van der Waals surface area contributed by atoms with Gasteiger partial charge in [0.1, 0.15) is 0 Å². The molecule has 9 heavy (non-hydrogen) atoms. The zero-order valence-corrected chi connectivity index (χ0v) is 5.70. The van der Waals surface area contributed by atoms with E-state index in [-0.39, 0.29) is 6.67 Å². The maximum Gasteiger partial charge on any atom is 0.0894 e. The Morgan fingerprint density at radius 1 is 1.11 bits per heavy atom. The third-order valence-corrected chi connectivity index (χ3v) is 1.20. The second-order valence-corrected chi connectivity index (χ2v) is 2.06. The second kappa shape index (κ2) is 7.49. The minimum absolute atomic E-state index is 0.184. The summed E-state index contributed by atoms with van der Waals surface area (Å²) in [5.74, 6) is 2.55. The van der Waals surface area contributed by atoms with Crippen molar-refractivity contribution >= 4 is 0 Å². The van der Waals surface area contributed by atoms with Gasteiger partial charge in [-0.05, 0) is 12.8 Å². The Morgan fingerprint density at radius 2 is 1.78 bits per heavy atom. The highest BCUT2D eigenvalue weighted by Gasteiger charge is 1.86. The molecule has 52 valence electrons. The maximum atomic E-state index is 11.5. The van der Waals surface area contributed by atoms with E-state index in [4.69, 9.17) is 6.42 Å². The minimum atomic E-state index is -0.184. The molecule has 0 nitrogen and oxygen atoms in total. The fourth-order valence-electron chi connectivity index (χ4n) is 0.675. The Balaban J connectivity index is 2.69. The van der Waals surface area contributed by atoms with Crippen LogP contribution in [0.4, 0.5) is 4.39 Å². The van der Waals surface area contributed by atoms with Crippen molar-refractivity contribution in [3.05, 3.63) is 0 Å². The smallest absolute Gasteiger partial charge is 0.0894 e. The lowest BCUT2D eigenvalue weighted by atomic mass is 10.2. The van der Waals surface area contributed by atoms with Crippen molar-refractivity contribution < 1.29 is 4.39 Å². The first-order chi connectivity index (χ1) is 4.41. The van der Waals surface area contributed by atoms with Crippen molar-refractivity contribution in [3.8, 4) is 12.3 Å².